The van der Waals surface area contributed by atoms with Crippen molar-refractivity contribution in [3.63, 3.8) is 0 Å². The quantitative estimate of drug-likeness (QED) is 0.219. The maximum absolute atomic E-state index is 13.4. The van der Waals surface area contributed by atoms with Crippen molar-refractivity contribution in [3.05, 3.63) is 82.4 Å². The molecule has 0 heterocycles. The molecule has 212 valence electrons. The summed E-state index contributed by atoms with van der Waals surface area (Å²) in [4.78, 5) is 36.4. The largest absolute Gasteiger partial charge is 0.506 e. The molecule has 40 heavy (non-hydrogen) atoms. The smallest absolute Gasteiger partial charge is 0.419 e. The van der Waals surface area contributed by atoms with E-state index < -0.39 is 40.6 Å². The van der Waals surface area contributed by atoms with Gasteiger partial charge in [0.1, 0.15) is 29.3 Å². The molecule has 3 aromatic rings. The Morgan fingerprint density at radius 2 is 1.57 bits per heavy atom. The number of carboxylic acid groups (broad SMARTS) is 1. The SMILES string of the molecule is CCC(=O)c1cc(CC(=O)O)ccc1-c1ccc(OCc2ccc(C(F)(F)F)c(O)c2C(=O)OC(C)(C)C)cc1. The van der Waals surface area contributed by atoms with E-state index in [1.54, 1.807) is 70.2 Å². The number of aliphatic carboxylic acids is 1. The van der Waals surface area contributed by atoms with Crippen molar-refractivity contribution in [2.75, 3.05) is 0 Å². The summed E-state index contributed by atoms with van der Waals surface area (Å²) >= 11 is 0. The average molecular weight is 559 g/mol. The van der Waals surface area contributed by atoms with Crippen LogP contribution >= 0.6 is 0 Å². The molecular formula is C30H29F3O7. The lowest BCUT2D eigenvalue weighted by atomic mass is 9.93. The fourth-order valence-corrected chi connectivity index (χ4v) is 3.98. The minimum atomic E-state index is -4.89. The monoisotopic (exact) mass is 558 g/mol. The minimum absolute atomic E-state index is 0.00586. The van der Waals surface area contributed by atoms with Crippen molar-refractivity contribution in [2.24, 2.45) is 0 Å². The molecule has 0 saturated carbocycles. The van der Waals surface area contributed by atoms with Gasteiger partial charge in [0.15, 0.2) is 5.78 Å². The Bertz CT molecular complexity index is 1420. The van der Waals surface area contributed by atoms with Crippen LogP contribution in [-0.2, 0) is 28.7 Å². The van der Waals surface area contributed by atoms with Crippen LogP contribution in [0.2, 0.25) is 0 Å². The second-order valence-electron chi connectivity index (χ2n) is 10.0. The number of halogens is 3. The third-order valence-electron chi connectivity index (χ3n) is 5.79. The van der Waals surface area contributed by atoms with Gasteiger partial charge < -0.3 is 19.7 Å². The number of ketones is 1. The third kappa shape index (κ3) is 7.40. The normalized spacial score (nSPS) is 11.7. The number of hydrogen-bond acceptors (Lipinski definition) is 6. The molecule has 3 aromatic carbocycles. The van der Waals surface area contributed by atoms with Crippen LogP contribution in [0, 0.1) is 0 Å². The van der Waals surface area contributed by atoms with E-state index in [2.05, 4.69) is 0 Å². The van der Waals surface area contributed by atoms with E-state index >= 15 is 0 Å². The van der Waals surface area contributed by atoms with Crippen LogP contribution in [0.3, 0.4) is 0 Å². The van der Waals surface area contributed by atoms with E-state index in [-0.39, 0.29) is 30.8 Å². The molecule has 3 rings (SSSR count). The number of phenols is 1. The van der Waals surface area contributed by atoms with Crippen molar-refractivity contribution in [2.45, 2.75) is 58.9 Å². The van der Waals surface area contributed by atoms with Crippen LogP contribution in [0.25, 0.3) is 11.1 Å². The number of esters is 1. The number of rotatable bonds is 9. The van der Waals surface area contributed by atoms with Gasteiger partial charge in [-0.3, -0.25) is 9.59 Å². The molecule has 10 heteroatoms. The zero-order chi connectivity index (χ0) is 29.8. The number of carboxylic acids is 1. The Morgan fingerprint density at radius 1 is 0.925 bits per heavy atom. The first kappa shape index (κ1) is 30.2. The van der Waals surface area contributed by atoms with Crippen molar-refractivity contribution in [3.8, 4) is 22.6 Å². The van der Waals surface area contributed by atoms with Gasteiger partial charge in [0.2, 0.25) is 0 Å². The van der Waals surface area contributed by atoms with Gasteiger partial charge >= 0.3 is 18.1 Å². The van der Waals surface area contributed by atoms with E-state index in [1.807, 2.05) is 0 Å². The number of benzene rings is 3. The van der Waals surface area contributed by atoms with Crippen LogP contribution in [-0.4, -0.2) is 33.5 Å². The van der Waals surface area contributed by atoms with Crippen LogP contribution in [0.1, 0.15) is 71.5 Å². The second-order valence-corrected chi connectivity index (χ2v) is 10.0. The van der Waals surface area contributed by atoms with E-state index in [1.165, 1.54) is 0 Å². The summed E-state index contributed by atoms with van der Waals surface area (Å²) in [6, 6.07) is 13.1. The van der Waals surface area contributed by atoms with Gasteiger partial charge in [-0.25, -0.2) is 4.79 Å². The van der Waals surface area contributed by atoms with Crippen molar-refractivity contribution in [1.29, 1.82) is 0 Å². The molecule has 7 nitrogen and oxygen atoms in total. The Kier molecular flexibility index (Phi) is 8.92. The summed E-state index contributed by atoms with van der Waals surface area (Å²) in [6.45, 7) is 6.01. The highest BCUT2D eigenvalue weighted by molar-refractivity contribution is 6.02. The fraction of sp³-hybridized carbons (Fsp3) is 0.300. The molecule has 0 spiro atoms. The number of aromatic hydroxyl groups is 1. The van der Waals surface area contributed by atoms with E-state index in [0.717, 1.165) is 6.07 Å². The fourth-order valence-electron chi connectivity index (χ4n) is 3.98. The first-order valence-corrected chi connectivity index (χ1v) is 12.4. The predicted molar refractivity (Wildman–Crippen MR) is 140 cm³/mol. The summed E-state index contributed by atoms with van der Waals surface area (Å²) in [7, 11) is 0. The number of ether oxygens (including phenoxy) is 2. The van der Waals surface area contributed by atoms with Crippen LogP contribution in [0.15, 0.2) is 54.6 Å². The van der Waals surface area contributed by atoms with Gasteiger partial charge in [-0.15, -0.1) is 0 Å². The van der Waals surface area contributed by atoms with Crippen LogP contribution in [0.4, 0.5) is 13.2 Å². The first-order valence-electron chi connectivity index (χ1n) is 12.4. The Hall–Kier alpha value is -4.34. The van der Waals surface area contributed by atoms with Gasteiger partial charge in [-0.2, -0.15) is 13.2 Å². The van der Waals surface area contributed by atoms with Gasteiger partial charge in [-0.1, -0.05) is 37.3 Å². The van der Waals surface area contributed by atoms with Gasteiger partial charge in [0.05, 0.1) is 12.0 Å². The molecule has 0 aliphatic heterocycles. The standard InChI is InChI=1S/C30H29F3O7/c1-5-24(34)22-14-17(15-25(35)36)6-12-21(22)18-7-10-20(11-8-18)39-16-19-9-13-23(30(31,32)33)27(37)26(19)28(38)40-29(2,3)4/h6-14,37H,5,15-16H2,1-4H3,(H,35,36). The lowest BCUT2D eigenvalue weighted by Gasteiger charge is -2.22. The van der Waals surface area contributed by atoms with Crippen molar-refractivity contribution < 1.29 is 47.2 Å². The van der Waals surface area contributed by atoms with Crippen molar-refractivity contribution >= 4 is 17.7 Å². The lowest BCUT2D eigenvalue weighted by Crippen LogP contribution is -2.25. The van der Waals surface area contributed by atoms with E-state index in [4.69, 9.17) is 14.6 Å². The molecule has 0 saturated heterocycles. The molecule has 0 amide bonds. The molecule has 0 atom stereocenters. The molecular weight excluding hydrogens is 529 g/mol. The highest BCUT2D eigenvalue weighted by Crippen LogP contribution is 2.39. The third-order valence-corrected chi connectivity index (χ3v) is 5.79. The first-order chi connectivity index (χ1) is 18.6. The summed E-state index contributed by atoms with van der Waals surface area (Å²) in [6.07, 6.45) is -4.88. The topological polar surface area (TPSA) is 110 Å². The molecule has 0 aliphatic rings. The van der Waals surface area contributed by atoms with Crippen LogP contribution in [0.5, 0.6) is 11.5 Å². The molecule has 0 fully saturated rings. The highest BCUT2D eigenvalue weighted by atomic mass is 19.4. The van der Waals surface area contributed by atoms with E-state index in [0.29, 0.717) is 34.1 Å². The van der Waals surface area contributed by atoms with Gasteiger partial charge in [0, 0.05) is 17.5 Å². The second kappa shape index (κ2) is 11.8. The summed E-state index contributed by atoms with van der Waals surface area (Å²) in [5, 5.41) is 19.4. The zero-order valence-corrected chi connectivity index (χ0v) is 22.4. The summed E-state index contributed by atoms with van der Waals surface area (Å²) < 4.78 is 51.1. The van der Waals surface area contributed by atoms with E-state index in [9.17, 15) is 32.7 Å². The van der Waals surface area contributed by atoms with Gasteiger partial charge in [0.25, 0.3) is 0 Å². The lowest BCUT2D eigenvalue weighted by molar-refractivity contribution is -0.139. The number of Topliss-reactive ketones (excluding diaryl/α,β-unsaturated/α-hetero) is 1. The maximum atomic E-state index is 13.4. The zero-order valence-electron chi connectivity index (χ0n) is 22.4. The Morgan fingerprint density at radius 3 is 2.12 bits per heavy atom. The number of hydrogen-bond donors (Lipinski definition) is 2. The van der Waals surface area contributed by atoms with Crippen molar-refractivity contribution in [1.82, 2.24) is 0 Å². The molecule has 0 aromatic heterocycles. The molecule has 2 N–H and O–H groups in total. The summed E-state index contributed by atoms with van der Waals surface area (Å²) in [5.74, 6) is -3.22. The highest BCUT2D eigenvalue weighted by Gasteiger charge is 2.37. The average Bonchev–Trinajstić information content (AvgIpc) is 2.85. The number of phenolic OH excluding ortho intramolecular Hbond substituents is 1. The Labute approximate surface area is 229 Å². The minimum Gasteiger partial charge on any atom is -0.506 e. The Balaban J connectivity index is 1.90. The van der Waals surface area contributed by atoms with Gasteiger partial charge in [-0.05, 0) is 61.7 Å². The predicted octanol–water partition coefficient (Wildman–Crippen LogP) is 6.83. The maximum Gasteiger partial charge on any atom is 0.419 e. The number of alkyl halides is 3. The molecule has 0 radical (unpaired) electrons. The molecule has 0 aliphatic carbocycles. The number of carbonyl (C=O) groups is 3. The molecule has 0 bridgehead atoms. The number of carbonyl (C=O) groups excluding carboxylic acids is 2. The molecule has 0 unspecified atom stereocenters. The summed E-state index contributed by atoms with van der Waals surface area (Å²) in [5.41, 5.74) is -0.881. The van der Waals surface area contributed by atoms with Crippen LogP contribution < -0.4 is 4.74 Å².